The summed E-state index contributed by atoms with van der Waals surface area (Å²) in [4.78, 5) is 34.6. The number of hydrazine groups is 1. The van der Waals surface area contributed by atoms with Crippen LogP contribution in [0.2, 0.25) is 0 Å². The number of amides is 1. The van der Waals surface area contributed by atoms with Crippen LogP contribution in [0.25, 0.3) is 11.0 Å². The van der Waals surface area contributed by atoms with Gasteiger partial charge in [0.1, 0.15) is 12.2 Å². The Morgan fingerprint density at radius 3 is 2.45 bits per heavy atom. The summed E-state index contributed by atoms with van der Waals surface area (Å²) < 4.78 is 40.8. The van der Waals surface area contributed by atoms with E-state index in [0.29, 0.717) is 23.2 Å². The van der Waals surface area contributed by atoms with Crippen LogP contribution in [-0.2, 0) is 24.6 Å². The van der Waals surface area contributed by atoms with Gasteiger partial charge in [-0.25, -0.2) is 4.79 Å². The van der Waals surface area contributed by atoms with Gasteiger partial charge in [0, 0.05) is 13.1 Å². The molecule has 9 nitrogen and oxygen atoms in total. The number of nitrogens with zero attached hydrogens (tertiary/aromatic N) is 3. The lowest BCUT2D eigenvalue weighted by Gasteiger charge is -2.11. The van der Waals surface area contributed by atoms with Crippen LogP contribution in [0, 0.1) is 10.1 Å². The highest BCUT2D eigenvalue weighted by molar-refractivity contribution is 5.82. The quantitative estimate of drug-likeness (QED) is 0.497. The highest BCUT2D eigenvalue weighted by atomic mass is 19.4. The molecule has 1 amide bonds. The van der Waals surface area contributed by atoms with Crippen molar-refractivity contribution in [2.24, 2.45) is 7.05 Å². The van der Waals surface area contributed by atoms with Gasteiger partial charge in [-0.3, -0.25) is 34.9 Å². The summed E-state index contributed by atoms with van der Waals surface area (Å²) in [5, 5.41) is 11.1. The summed E-state index contributed by atoms with van der Waals surface area (Å²) >= 11 is 0. The number of para-hydroxylation sites is 2. The van der Waals surface area contributed by atoms with Gasteiger partial charge in [-0.2, -0.15) is 13.2 Å². The Morgan fingerprint density at radius 1 is 1.17 bits per heavy atom. The van der Waals surface area contributed by atoms with Crippen LogP contribution in [0.1, 0.15) is 5.56 Å². The van der Waals surface area contributed by atoms with E-state index in [1.54, 1.807) is 31.3 Å². The molecule has 0 spiro atoms. The first-order valence-electron chi connectivity index (χ1n) is 8.14. The molecular weight excluding hydrogens is 395 g/mol. The van der Waals surface area contributed by atoms with Crippen LogP contribution in [0.3, 0.4) is 0 Å². The Morgan fingerprint density at radius 2 is 1.83 bits per heavy atom. The molecule has 3 rings (SSSR count). The maximum atomic E-state index is 12.7. The Labute approximate surface area is 160 Å². The van der Waals surface area contributed by atoms with Crippen molar-refractivity contribution in [2.75, 3.05) is 5.43 Å². The third-order valence-electron chi connectivity index (χ3n) is 4.21. The molecule has 0 aliphatic heterocycles. The van der Waals surface area contributed by atoms with Crippen LogP contribution in [0.15, 0.2) is 47.3 Å². The van der Waals surface area contributed by atoms with Gasteiger partial charge in [0.15, 0.2) is 0 Å². The fourth-order valence-electron chi connectivity index (χ4n) is 2.80. The van der Waals surface area contributed by atoms with E-state index >= 15 is 0 Å². The molecule has 0 saturated heterocycles. The molecule has 1 heterocycles. The molecule has 0 fully saturated rings. The molecule has 0 atom stereocenters. The molecule has 0 radical (unpaired) electrons. The number of fused-ring (bicyclic) bond motifs is 1. The minimum absolute atomic E-state index is 0.332. The molecule has 0 aliphatic carbocycles. The minimum Gasteiger partial charge on any atom is -0.295 e. The first kappa shape index (κ1) is 19.9. The number of anilines is 1. The zero-order valence-electron chi connectivity index (χ0n) is 14.9. The molecule has 0 bridgehead atoms. The predicted molar refractivity (Wildman–Crippen MR) is 97.0 cm³/mol. The van der Waals surface area contributed by atoms with Gasteiger partial charge < -0.3 is 0 Å². The summed E-state index contributed by atoms with van der Waals surface area (Å²) in [5.74, 6) is -0.724. The van der Waals surface area contributed by atoms with Crippen molar-refractivity contribution < 1.29 is 22.9 Å². The third kappa shape index (κ3) is 3.90. The number of aryl methyl sites for hydroxylation is 1. The molecule has 0 saturated carbocycles. The van der Waals surface area contributed by atoms with Gasteiger partial charge in [-0.1, -0.05) is 12.1 Å². The van der Waals surface area contributed by atoms with Crippen molar-refractivity contribution in [2.45, 2.75) is 12.7 Å². The van der Waals surface area contributed by atoms with E-state index in [1.165, 1.54) is 9.13 Å². The topological polar surface area (TPSA) is 111 Å². The van der Waals surface area contributed by atoms with Gasteiger partial charge in [0.2, 0.25) is 0 Å². The number of benzene rings is 2. The number of carbonyl (C=O) groups excluding carboxylic acids is 1. The van der Waals surface area contributed by atoms with Gasteiger partial charge >= 0.3 is 11.9 Å². The van der Waals surface area contributed by atoms with Gasteiger partial charge in [0.05, 0.1) is 21.5 Å². The van der Waals surface area contributed by atoms with Crippen LogP contribution in [-0.4, -0.2) is 20.0 Å². The average Bonchev–Trinajstić information content (AvgIpc) is 2.90. The first-order chi connectivity index (χ1) is 13.6. The number of aromatic nitrogens is 2. The largest absolute Gasteiger partial charge is 0.416 e. The number of alkyl halides is 3. The lowest BCUT2D eigenvalue weighted by molar-refractivity contribution is -0.384. The van der Waals surface area contributed by atoms with Gasteiger partial charge in [0.25, 0.3) is 11.6 Å². The SMILES string of the molecule is Cn1c(=O)n(CC(=O)NNc2ccc(C(F)(F)F)cc2[N+](=O)[O-])c2ccccc21. The van der Waals surface area contributed by atoms with Crippen LogP contribution in [0.4, 0.5) is 24.5 Å². The molecule has 3 aromatic rings. The lowest BCUT2D eigenvalue weighted by Crippen LogP contribution is -2.36. The van der Waals surface area contributed by atoms with E-state index in [9.17, 15) is 32.9 Å². The summed E-state index contributed by atoms with van der Waals surface area (Å²) in [6.07, 6.45) is -4.75. The number of halogens is 3. The molecular formula is C17H14F3N5O4. The molecule has 0 aliphatic rings. The number of imidazole rings is 1. The zero-order valence-corrected chi connectivity index (χ0v) is 14.9. The van der Waals surface area contributed by atoms with Crippen LogP contribution in [0.5, 0.6) is 0 Å². The molecule has 2 aromatic carbocycles. The standard InChI is InChI=1S/C17H14F3N5O4/c1-23-12-4-2-3-5-13(12)24(16(23)27)9-15(26)22-21-11-7-6-10(17(18,19)20)8-14(11)25(28)29/h2-8,21H,9H2,1H3,(H,22,26). The number of carbonyl (C=O) groups is 1. The van der Waals surface area contributed by atoms with Crippen molar-refractivity contribution in [3.8, 4) is 0 Å². The number of hydrogen-bond acceptors (Lipinski definition) is 5. The molecule has 2 N–H and O–H groups in total. The second-order valence-corrected chi connectivity index (χ2v) is 6.08. The van der Waals surface area contributed by atoms with E-state index in [2.05, 4.69) is 10.9 Å². The Hall–Kier alpha value is -3.83. The number of rotatable bonds is 5. The molecule has 152 valence electrons. The van der Waals surface area contributed by atoms with Crippen molar-refractivity contribution in [1.82, 2.24) is 14.6 Å². The highest BCUT2D eigenvalue weighted by Crippen LogP contribution is 2.34. The monoisotopic (exact) mass is 409 g/mol. The smallest absolute Gasteiger partial charge is 0.295 e. The van der Waals surface area contributed by atoms with E-state index in [0.717, 1.165) is 6.07 Å². The number of nitrogens with one attached hydrogen (secondary N) is 2. The van der Waals surface area contributed by atoms with Crippen LogP contribution >= 0.6 is 0 Å². The van der Waals surface area contributed by atoms with Crippen molar-refractivity contribution >= 4 is 28.3 Å². The number of hydrogen-bond donors (Lipinski definition) is 2. The zero-order chi connectivity index (χ0) is 21.3. The number of nitro groups is 1. The summed E-state index contributed by atoms with van der Waals surface area (Å²) in [7, 11) is 1.54. The molecule has 0 unspecified atom stereocenters. The van der Waals surface area contributed by atoms with E-state index in [-0.39, 0.29) is 5.69 Å². The number of nitro benzene ring substituents is 1. The van der Waals surface area contributed by atoms with Crippen molar-refractivity contribution in [1.29, 1.82) is 0 Å². The maximum Gasteiger partial charge on any atom is 0.416 e. The van der Waals surface area contributed by atoms with E-state index in [1.807, 2.05) is 0 Å². The maximum absolute atomic E-state index is 12.7. The Bertz CT molecular complexity index is 1170. The fraction of sp³-hybridized carbons (Fsp3) is 0.176. The molecule has 12 heteroatoms. The summed E-state index contributed by atoms with van der Waals surface area (Å²) in [5.41, 5.74) is 2.69. The Balaban J connectivity index is 1.79. The van der Waals surface area contributed by atoms with E-state index < -0.39 is 40.5 Å². The summed E-state index contributed by atoms with van der Waals surface area (Å²) in [6.45, 7) is -0.401. The van der Waals surface area contributed by atoms with Gasteiger partial charge in [-0.05, 0) is 24.3 Å². The van der Waals surface area contributed by atoms with Crippen molar-refractivity contribution in [3.63, 3.8) is 0 Å². The minimum atomic E-state index is -4.75. The average molecular weight is 409 g/mol. The third-order valence-corrected chi connectivity index (χ3v) is 4.21. The second-order valence-electron chi connectivity index (χ2n) is 6.08. The first-order valence-corrected chi connectivity index (χ1v) is 8.14. The fourth-order valence-corrected chi connectivity index (χ4v) is 2.80. The van der Waals surface area contributed by atoms with Crippen molar-refractivity contribution in [3.05, 3.63) is 68.6 Å². The summed E-state index contributed by atoms with van der Waals surface area (Å²) in [6, 6.07) is 8.64. The van der Waals surface area contributed by atoms with Gasteiger partial charge in [-0.15, -0.1) is 0 Å². The lowest BCUT2D eigenvalue weighted by atomic mass is 10.1. The molecule has 1 aromatic heterocycles. The molecule has 29 heavy (non-hydrogen) atoms. The predicted octanol–water partition coefficient (Wildman–Crippen LogP) is 2.41. The van der Waals surface area contributed by atoms with Crippen LogP contribution < -0.4 is 16.5 Å². The Kier molecular flexibility index (Phi) is 5.01. The highest BCUT2D eigenvalue weighted by Gasteiger charge is 2.33. The normalized spacial score (nSPS) is 11.4. The van der Waals surface area contributed by atoms with E-state index in [4.69, 9.17) is 0 Å². The second kappa shape index (κ2) is 7.30.